The monoisotopic (exact) mass is 290 g/mol. The Labute approximate surface area is 122 Å². The van der Waals surface area contributed by atoms with Crippen molar-refractivity contribution >= 4 is 17.5 Å². The van der Waals surface area contributed by atoms with Crippen molar-refractivity contribution in [1.82, 2.24) is 5.32 Å². The van der Waals surface area contributed by atoms with Gasteiger partial charge in [0.15, 0.2) is 0 Å². The molecule has 0 aliphatic heterocycles. The van der Waals surface area contributed by atoms with E-state index in [4.69, 9.17) is 17.3 Å². The van der Waals surface area contributed by atoms with Crippen molar-refractivity contribution in [1.29, 1.82) is 0 Å². The van der Waals surface area contributed by atoms with E-state index in [2.05, 4.69) is 5.32 Å². The third kappa shape index (κ3) is 3.73. The third-order valence-electron chi connectivity index (χ3n) is 2.92. The van der Waals surface area contributed by atoms with Crippen molar-refractivity contribution in [3.05, 3.63) is 64.2 Å². The number of benzene rings is 2. The number of amides is 1. The highest BCUT2D eigenvalue weighted by Crippen LogP contribution is 2.18. The molecule has 0 aliphatic rings. The lowest BCUT2D eigenvalue weighted by molar-refractivity contribution is 0.100. The van der Waals surface area contributed by atoms with Crippen LogP contribution in [0.15, 0.2) is 42.5 Å². The second kappa shape index (κ2) is 6.41. The van der Waals surface area contributed by atoms with Crippen LogP contribution in [0, 0.1) is 0 Å². The van der Waals surface area contributed by atoms with Crippen LogP contribution in [0.3, 0.4) is 0 Å². The van der Waals surface area contributed by atoms with Crippen LogP contribution >= 0.6 is 11.6 Å². The van der Waals surface area contributed by atoms with Gasteiger partial charge in [0.1, 0.15) is 5.75 Å². The van der Waals surface area contributed by atoms with Gasteiger partial charge in [0, 0.05) is 23.7 Å². The fourth-order valence-electron chi connectivity index (χ4n) is 1.80. The Morgan fingerprint density at radius 3 is 2.45 bits per heavy atom. The molecule has 4 N–H and O–H groups in total. The lowest BCUT2D eigenvalue weighted by Crippen LogP contribution is -2.14. The molecule has 1 amide bonds. The number of hydrogen-bond donors (Lipinski definition) is 3. The summed E-state index contributed by atoms with van der Waals surface area (Å²) in [6, 6.07) is 12.0. The standard InChI is InChI=1S/C15H15ClN2O2/c16-14-7-11(15(17)20)3-4-12(14)9-18-8-10-1-5-13(19)6-2-10/h1-7,18-19H,8-9H2,(H2,17,20). The first-order valence-corrected chi connectivity index (χ1v) is 6.51. The van der Waals surface area contributed by atoms with E-state index in [0.29, 0.717) is 23.7 Å². The number of phenolic OH excluding ortho intramolecular Hbond substituents is 1. The number of nitrogens with one attached hydrogen (secondary N) is 1. The molecule has 0 aliphatic carbocycles. The fraction of sp³-hybridized carbons (Fsp3) is 0.133. The van der Waals surface area contributed by atoms with Crippen molar-refractivity contribution < 1.29 is 9.90 Å². The maximum Gasteiger partial charge on any atom is 0.248 e. The van der Waals surface area contributed by atoms with Crippen LogP contribution in [0.1, 0.15) is 21.5 Å². The number of rotatable bonds is 5. The van der Waals surface area contributed by atoms with Crippen molar-refractivity contribution in [2.45, 2.75) is 13.1 Å². The topological polar surface area (TPSA) is 75.4 Å². The highest BCUT2D eigenvalue weighted by molar-refractivity contribution is 6.31. The quantitative estimate of drug-likeness (QED) is 0.792. The number of nitrogens with two attached hydrogens (primary N) is 1. The normalized spacial score (nSPS) is 10.4. The Bertz CT molecular complexity index is 612. The largest absolute Gasteiger partial charge is 0.508 e. The summed E-state index contributed by atoms with van der Waals surface area (Å²) in [4.78, 5) is 11.0. The SMILES string of the molecule is NC(=O)c1ccc(CNCc2ccc(O)cc2)c(Cl)c1. The Morgan fingerprint density at radius 1 is 1.15 bits per heavy atom. The molecule has 5 heteroatoms. The van der Waals surface area contributed by atoms with Crippen LogP contribution in [-0.4, -0.2) is 11.0 Å². The fourth-order valence-corrected chi connectivity index (χ4v) is 2.05. The van der Waals surface area contributed by atoms with E-state index in [0.717, 1.165) is 11.1 Å². The average Bonchev–Trinajstić information content (AvgIpc) is 2.42. The molecular weight excluding hydrogens is 276 g/mol. The van der Waals surface area contributed by atoms with E-state index in [9.17, 15) is 9.90 Å². The number of aromatic hydroxyl groups is 1. The second-order valence-electron chi connectivity index (χ2n) is 4.44. The zero-order valence-electron chi connectivity index (χ0n) is 10.8. The van der Waals surface area contributed by atoms with Crippen LogP contribution in [0.4, 0.5) is 0 Å². The maximum atomic E-state index is 11.0. The Morgan fingerprint density at radius 2 is 1.85 bits per heavy atom. The number of phenols is 1. The van der Waals surface area contributed by atoms with Gasteiger partial charge in [-0.2, -0.15) is 0 Å². The van der Waals surface area contributed by atoms with Crippen LogP contribution in [0.2, 0.25) is 5.02 Å². The molecule has 104 valence electrons. The molecule has 2 aromatic rings. The minimum absolute atomic E-state index is 0.249. The predicted octanol–water partition coefficient (Wildman–Crippen LogP) is 2.43. The van der Waals surface area contributed by atoms with Crippen LogP contribution < -0.4 is 11.1 Å². The third-order valence-corrected chi connectivity index (χ3v) is 3.27. The molecular formula is C15H15ClN2O2. The van der Waals surface area contributed by atoms with Gasteiger partial charge < -0.3 is 16.2 Å². The Kier molecular flexibility index (Phi) is 4.61. The second-order valence-corrected chi connectivity index (χ2v) is 4.85. The van der Waals surface area contributed by atoms with Gasteiger partial charge >= 0.3 is 0 Å². The zero-order valence-corrected chi connectivity index (χ0v) is 11.5. The summed E-state index contributed by atoms with van der Waals surface area (Å²) in [6.07, 6.45) is 0. The summed E-state index contributed by atoms with van der Waals surface area (Å²) in [7, 11) is 0. The van der Waals surface area contributed by atoms with E-state index in [1.165, 1.54) is 0 Å². The van der Waals surface area contributed by atoms with Gasteiger partial charge in [-0.15, -0.1) is 0 Å². The Balaban J connectivity index is 1.94. The van der Waals surface area contributed by atoms with E-state index in [-0.39, 0.29) is 5.75 Å². The van der Waals surface area contributed by atoms with Crippen LogP contribution in [0.5, 0.6) is 5.75 Å². The molecule has 0 aromatic heterocycles. The van der Waals surface area contributed by atoms with Gasteiger partial charge in [0.05, 0.1) is 0 Å². The molecule has 4 nitrogen and oxygen atoms in total. The molecule has 0 unspecified atom stereocenters. The minimum Gasteiger partial charge on any atom is -0.508 e. The molecule has 0 bridgehead atoms. The highest BCUT2D eigenvalue weighted by Gasteiger charge is 2.05. The van der Waals surface area contributed by atoms with Crippen molar-refractivity contribution in [2.24, 2.45) is 5.73 Å². The molecule has 0 atom stereocenters. The molecule has 0 saturated heterocycles. The lowest BCUT2D eigenvalue weighted by atomic mass is 10.1. The molecule has 0 heterocycles. The van der Waals surface area contributed by atoms with E-state index in [1.54, 1.807) is 30.3 Å². The summed E-state index contributed by atoms with van der Waals surface area (Å²) in [6.45, 7) is 1.24. The van der Waals surface area contributed by atoms with E-state index in [1.807, 2.05) is 12.1 Å². The highest BCUT2D eigenvalue weighted by atomic mass is 35.5. The Hall–Kier alpha value is -2.04. The van der Waals surface area contributed by atoms with Gasteiger partial charge in [-0.25, -0.2) is 0 Å². The first kappa shape index (κ1) is 14.4. The van der Waals surface area contributed by atoms with Gasteiger partial charge in [-0.05, 0) is 35.4 Å². The summed E-state index contributed by atoms with van der Waals surface area (Å²) in [5.41, 5.74) is 7.55. The van der Waals surface area contributed by atoms with E-state index >= 15 is 0 Å². The van der Waals surface area contributed by atoms with Gasteiger partial charge in [0.2, 0.25) is 5.91 Å². The summed E-state index contributed by atoms with van der Waals surface area (Å²) >= 11 is 6.10. The molecule has 0 fully saturated rings. The molecule has 20 heavy (non-hydrogen) atoms. The van der Waals surface area contributed by atoms with Gasteiger partial charge in [-0.1, -0.05) is 29.8 Å². The average molecular weight is 291 g/mol. The number of halogens is 1. The van der Waals surface area contributed by atoms with Crippen molar-refractivity contribution in [2.75, 3.05) is 0 Å². The lowest BCUT2D eigenvalue weighted by Gasteiger charge is -2.08. The first-order chi connectivity index (χ1) is 9.56. The predicted molar refractivity (Wildman–Crippen MR) is 78.6 cm³/mol. The summed E-state index contributed by atoms with van der Waals surface area (Å²) in [5.74, 6) is -0.241. The number of carbonyl (C=O) groups is 1. The van der Waals surface area contributed by atoms with E-state index < -0.39 is 5.91 Å². The first-order valence-electron chi connectivity index (χ1n) is 6.13. The minimum atomic E-state index is -0.490. The van der Waals surface area contributed by atoms with Gasteiger partial charge in [-0.3, -0.25) is 4.79 Å². The van der Waals surface area contributed by atoms with Gasteiger partial charge in [0.25, 0.3) is 0 Å². The number of hydrogen-bond acceptors (Lipinski definition) is 3. The molecule has 0 saturated carbocycles. The molecule has 2 rings (SSSR count). The maximum absolute atomic E-state index is 11.0. The molecule has 2 aromatic carbocycles. The summed E-state index contributed by atoms with van der Waals surface area (Å²) < 4.78 is 0. The molecule has 0 radical (unpaired) electrons. The number of primary amides is 1. The smallest absolute Gasteiger partial charge is 0.248 e. The van der Waals surface area contributed by atoms with Crippen molar-refractivity contribution in [3.8, 4) is 5.75 Å². The molecule has 0 spiro atoms. The van der Waals surface area contributed by atoms with Crippen LogP contribution in [0.25, 0.3) is 0 Å². The van der Waals surface area contributed by atoms with Crippen LogP contribution in [-0.2, 0) is 13.1 Å². The zero-order chi connectivity index (χ0) is 14.5. The summed E-state index contributed by atoms with van der Waals surface area (Å²) in [5, 5.41) is 12.9. The van der Waals surface area contributed by atoms with Crippen molar-refractivity contribution in [3.63, 3.8) is 0 Å². The number of carbonyl (C=O) groups excluding carboxylic acids is 1.